The van der Waals surface area contributed by atoms with E-state index in [1.165, 1.54) is 0 Å². The number of carbonyl (C=O) groups is 2. The number of fused-ring (bicyclic) bond motifs is 1. The fourth-order valence-corrected chi connectivity index (χ4v) is 3.33. The summed E-state index contributed by atoms with van der Waals surface area (Å²) in [4.78, 5) is 29.1. The molecule has 0 aliphatic carbocycles. The van der Waals surface area contributed by atoms with Crippen molar-refractivity contribution in [3.05, 3.63) is 59.1 Å². The number of nitrogens with one attached hydrogen (secondary N) is 2. The number of carbonyl (C=O) groups excluding carboxylic acids is 2. The van der Waals surface area contributed by atoms with Gasteiger partial charge >= 0.3 is 0 Å². The van der Waals surface area contributed by atoms with Crippen LogP contribution in [0.1, 0.15) is 36.5 Å². The average molecular weight is 443 g/mol. The van der Waals surface area contributed by atoms with E-state index >= 15 is 0 Å². The van der Waals surface area contributed by atoms with Crippen LogP contribution in [0.15, 0.2) is 48.5 Å². The van der Waals surface area contributed by atoms with Crippen molar-refractivity contribution in [1.82, 2.24) is 14.9 Å². The lowest BCUT2D eigenvalue weighted by Gasteiger charge is -2.10. The lowest BCUT2D eigenvalue weighted by atomic mass is 10.2. The van der Waals surface area contributed by atoms with Crippen molar-refractivity contribution < 1.29 is 14.3 Å². The number of anilines is 1. The van der Waals surface area contributed by atoms with Crippen molar-refractivity contribution in [3.63, 3.8) is 0 Å². The van der Waals surface area contributed by atoms with Gasteiger partial charge in [0.15, 0.2) is 0 Å². The quantitative estimate of drug-likeness (QED) is 0.434. The van der Waals surface area contributed by atoms with Crippen LogP contribution < -0.4 is 10.6 Å². The molecule has 164 valence electrons. The van der Waals surface area contributed by atoms with E-state index in [4.69, 9.17) is 16.3 Å². The molecule has 3 aromatic rings. The number of hydrogen-bond donors (Lipinski definition) is 2. The van der Waals surface area contributed by atoms with Crippen molar-refractivity contribution in [3.8, 4) is 0 Å². The summed E-state index contributed by atoms with van der Waals surface area (Å²) in [5.41, 5.74) is 2.35. The summed E-state index contributed by atoms with van der Waals surface area (Å²) < 4.78 is 7.43. The van der Waals surface area contributed by atoms with Crippen LogP contribution in [0, 0.1) is 0 Å². The Bertz CT molecular complexity index is 1020. The Morgan fingerprint density at radius 2 is 1.87 bits per heavy atom. The Morgan fingerprint density at radius 3 is 2.65 bits per heavy atom. The molecule has 0 atom stereocenters. The monoisotopic (exact) mass is 442 g/mol. The summed E-state index contributed by atoms with van der Waals surface area (Å²) in [6, 6.07) is 14.5. The molecule has 0 saturated heterocycles. The average Bonchev–Trinajstić information content (AvgIpc) is 3.11. The van der Waals surface area contributed by atoms with Crippen LogP contribution in [-0.4, -0.2) is 41.1 Å². The van der Waals surface area contributed by atoms with Crippen molar-refractivity contribution in [2.24, 2.45) is 0 Å². The second-order valence-corrected chi connectivity index (χ2v) is 7.48. The molecule has 0 aliphatic rings. The van der Waals surface area contributed by atoms with Crippen molar-refractivity contribution in [1.29, 1.82) is 0 Å². The van der Waals surface area contributed by atoms with E-state index in [2.05, 4.69) is 15.6 Å². The van der Waals surface area contributed by atoms with Crippen molar-refractivity contribution in [2.75, 3.05) is 25.1 Å². The first-order chi connectivity index (χ1) is 15.1. The maximum atomic E-state index is 12.5. The third kappa shape index (κ3) is 6.54. The van der Waals surface area contributed by atoms with E-state index in [9.17, 15) is 9.59 Å². The van der Waals surface area contributed by atoms with Crippen LogP contribution in [0.25, 0.3) is 11.0 Å². The third-order valence-electron chi connectivity index (χ3n) is 4.75. The number of aryl methyl sites for hydroxylation is 1. The van der Waals surface area contributed by atoms with Crippen LogP contribution in [0.4, 0.5) is 5.95 Å². The summed E-state index contributed by atoms with van der Waals surface area (Å²) in [5.74, 6) is 0.211. The molecule has 0 saturated carbocycles. The summed E-state index contributed by atoms with van der Waals surface area (Å²) in [6.45, 7) is 4.41. The summed E-state index contributed by atoms with van der Waals surface area (Å²) in [7, 11) is 0. The van der Waals surface area contributed by atoms with Crippen LogP contribution >= 0.6 is 11.6 Å². The number of imidazole rings is 1. The fraction of sp³-hybridized carbons (Fsp3) is 0.348. The Morgan fingerprint density at radius 1 is 1.10 bits per heavy atom. The topological polar surface area (TPSA) is 85.2 Å². The van der Waals surface area contributed by atoms with Crippen LogP contribution in [0.2, 0.25) is 5.02 Å². The fourth-order valence-electron chi connectivity index (χ4n) is 3.21. The van der Waals surface area contributed by atoms with Crippen molar-refractivity contribution >= 4 is 40.4 Å². The second kappa shape index (κ2) is 11.5. The van der Waals surface area contributed by atoms with Gasteiger partial charge in [-0.2, -0.15) is 0 Å². The molecule has 0 spiro atoms. The van der Waals surface area contributed by atoms with E-state index < -0.39 is 0 Å². The molecule has 2 amide bonds. The zero-order valence-corrected chi connectivity index (χ0v) is 18.3. The molecule has 1 heterocycles. The Kier molecular flexibility index (Phi) is 8.44. The molecule has 3 rings (SSSR count). The maximum absolute atomic E-state index is 12.5. The lowest BCUT2D eigenvalue weighted by molar-refractivity contribution is -0.116. The van der Waals surface area contributed by atoms with Gasteiger partial charge < -0.3 is 14.6 Å². The number of hydrogen-bond acceptors (Lipinski definition) is 4. The number of ether oxygens (including phenoxy) is 1. The van der Waals surface area contributed by atoms with Gasteiger partial charge in [0.2, 0.25) is 11.9 Å². The molecule has 8 heteroatoms. The first-order valence-corrected chi connectivity index (χ1v) is 10.8. The Hall–Kier alpha value is -2.90. The number of nitrogens with zero attached hydrogens (tertiary/aromatic N) is 2. The van der Waals surface area contributed by atoms with Gasteiger partial charge in [0.1, 0.15) is 0 Å². The molecular formula is C23H27ClN4O3. The highest BCUT2D eigenvalue weighted by Gasteiger charge is 2.13. The van der Waals surface area contributed by atoms with E-state index in [-0.39, 0.29) is 18.2 Å². The first kappa shape index (κ1) is 22.8. The van der Waals surface area contributed by atoms with E-state index in [1.807, 2.05) is 35.8 Å². The van der Waals surface area contributed by atoms with Gasteiger partial charge in [0.25, 0.3) is 5.91 Å². The molecular weight excluding hydrogens is 416 g/mol. The standard InChI is InChI=1S/C23H27ClN4O3/c1-2-31-16-6-15-28-20-8-4-3-7-19(20)26-23(28)27-21(29)9-5-14-25-22(30)17-10-12-18(24)13-11-17/h3-4,7-8,10-13H,2,5-6,9,14-16H2,1H3,(H,25,30)(H,26,27,29). The molecule has 2 N–H and O–H groups in total. The lowest BCUT2D eigenvalue weighted by Crippen LogP contribution is -2.25. The molecule has 0 fully saturated rings. The van der Waals surface area contributed by atoms with E-state index in [1.54, 1.807) is 24.3 Å². The van der Waals surface area contributed by atoms with E-state index in [0.717, 1.165) is 17.5 Å². The van der Waals surface area contributed by atoms with Crippen LogP contribution in [0.3, 0.4) is 0 Å². The minimum atomic E-state index is -0.187. The SMILES string of the molecule is CCOCCCn1c(NC(=O)CCCNC(=O)c2ccc(Cl)cc2)nc2ccccc21. The second-order valence-electron chi connectivity index (χ2n) is 7.04. The number of aromatic nitrogens is 2. The minimum absolute atomic E-state index is 0.137. The highest BCUT2D eigenvalue weighted by molar-refractivity contribution is 6.30. The molecule has 2 aromatic carbocycles. The normalized spacial score (nSPS) is 10.9. The molecule has 31 heavy (non-hydrogen) atoms. The number of para-hydroxylation sites is 2. The molecule has 1 aromatic heterocycles. The van der Waals surface area contributed by atoms with Crippen molar-refractivity contribution in [2.45, 2.75) is 32.7 Å². The predicted molar refractivity (Wildman–Crippen MR) is 122 cm³/mol. The summed E-state index contributed by atoms with van der Waals surface area (Å²) >= 11 is 5.83. The van der Waals surface area contributed by atoms with Gasteiger partial charge in [-0.25, -0.2) is 4.98 Å². The highest BCUT2D eigenvalue weighted by atomic mass is 35.5. The van der Waals surface area contributed by atoms with Gasteiger partial charge in [-0.1, -0.05) is 23.7 Å². The number of amides is 2. The highest BCUT2D eigenvalue weighted by Crippen LogP contribution is 2.20. The maximum Gasteiger partial charge on any atom is 0.251 e. The third-order valence-corrected chi connectivity index (χ3v) is 5.00. The van der Waals surface area contributed by atoms with Gasteiger partial charge in [-0.05, 0) is 56.2 Å². The molecule has 0 bridgehead atoms. The Labute approximate surface area is 186 Å². The number of benzene rings is 2. The summed E-state index contributed by atoms with van der Waals surface area (Å²) in [6.07, 6.45) is 1.63. The van der Waals surface area contributed by atoms with Crippen LogP contribution in [-0.2, 0) is 16.1 Å². The molecule has 0 aliphatic heterocycles. The van der Waals surface area contributed by atoms with Gasteiger partial charge in [0, 0.05) is 43.3 Å². The van der Waals surface area contributed by atoms with Gasteiger partial charge in [0.05, 0.1) is 11.0 Å². The van der Waals surface area contributed by atoms with E-state index in [0.29, 0.717) is 49.3 Å². The number of halogens is 1. The zero-order chi connectivity index (χ0) is 22.1. The predicted octanol–water partition coefficient (Wildman–Crippen LogP) is 4.27. The molecule has 0 unspecified atom stereocenters. The number of rotatable bonds is 11. The largest absolute Gasteiger partial charge is 0.382 e. The first-order valence-electron chi connectivity index (χ1n) is 10.4. The molecule has 0 radical (unpaired) electrons. The van der Waals surface area contributed by atoms with Crippen LogP contribution in [0.5, 0.6) is 0 Å². The molecule has 7 nitrogen and oxygen atoms in total. The minimum Gasteiger partial charge on any atom is -0.382 e. The Balaban J connectivity index is 1.51. The zero-order valence-electron chi connectivity index (χ0n) is 17.6. The van der Waals surface area contributed by atoms with Gasteiger partial charge in [-0.15, -0.1) is 0 Å². The smallest absolute Gasteiger partial charge is 0.251 e. The summed E-state index contributed by atoms with van der Waals surface area (Å²) in [5, 5.41) is 6.31. The van der Waals surface area contributed by atoms with Gasteiger partial charge in [-0.3, -0.25) is 14.9 Å².